The van der Waals surface area contributed by atoms with Gasteiger partial charge in [0.05, 0.1) is 5.60 Å². The van der Waals surface area contributed by atoms with Gasteiger partial charge < -0.3 is 10.1 Å². The Kier molecular flexibility index (Phi) is 5.79. The van der Waals surface area contributed by atoms with Crippen LogP contribution in [0.3, 0.4) is 0 Å². The topological polar surface area (TPSA) is 21.3 Å². The van der Waals surface area contributed by atoms with Crippen molar-refractivity contribution in [3.63, 3.8) is 0 Å². The van der Waals surface area contributed by atoms with Crippen LogP contribution < -0.4 is 5.32 Å². The third-order valence-corrected chi connectivity index (χ3v) is 6.58. The molecule has 1 saturated carbocycles. The molecule has 1 spiro atoms. The van der Waals surface area contributed by atoms with E-state index in [1.165, 1.54) is 30.5 Å². The van der Waals surface area contributed by atoms with Gasteiger partial charge in [0.15, 0.2) is 0 Å². The fourth-order valence-corrected chi connectivity index (χ4v) is 5.23. The quantitative estimate of drug-likeness (QED) is 0.663. The lowest BCUT2D eigenvalue weighted by molar-refractivity contribution is -0.103. The Hall–Kier alpha value is -1.78. The predicted molar refractivity (Wildman–Crippen MR) is 107 cm³/mol. The zero-order valence-corrected chi connectivity index (χ0v) is 16.4. The minimum atomic E-state index is -0.523. The first-order valence-corrected chi connectivity index (χ1v) is 10.4. The maximum Gasteiger partial charge on any atom is 0.126 e. The van der Waals surface area contributed by atoms with Crippen LogP contribution in [0.2, 0.25) is 0 Å². The molecule has 1 saturated heterocycles. The van der Waals surface area contributed by atoms with Crippen molar-refractivity contribution in [2.75, 3.05) is 13.2 Å². The average Bonchev–Trinajstić information content (AvgIpc) is 3.13. The number of nitrogens with one attached hydrogen (secondary N) is 1. The van der Waals surface area contributed by atoms with Gasteiger partial charge in [-0.15, -0.1) is 0 Å². The van der Waals surface area contributed by atoms with Crippen LogP contribution in [-0.2, 0) is 16.7 Å². The third-order valence-electron chi connectivity index (χ3n) is 6.58. The summed E-state index contributed by atoms with van der Waals surface area (Å²) in [4.78, 5) is 0. The van der Waals surface area contributed by atoms with Crippen molar-refractivity contribution in [1.29, 1.82) is 0 Å². The Bertz CT molecular complexity index is 768. The van der Waals surface area contributed by atoms with Crippen molar-refractivity contribution in [1.82, 2.24) is 5.32 Å². The minimum Gasteiger partial charge on any atom is -0.375 e. The zero-order chi connectivity index (χ0) is 19.5. The summed E-state index contributed by atoms with van der Waals surface area (Å²) in [5.74, 6) is -1.05. The predicted octanol–water partition coefficient (Wildman–Crippen LogP) is 5.51. The summed E-state index contributed by atoms with van der Waals surface area (Å²) in [6.45, 7) is 2.09. The summed E-state index contributed by atoms with van der Waals surface area (Å²) in [6, 6.07) is 14.5. The molecule has 0 radical (unpaired) electrons. The van der Waals surface area contributed by atoms with Crippen LogP contribution in [0.4, 0.5) is 8.78 Å². The van der Waals surface area contributed by atoms with Gasteiger partial charge in [0.1, 0.15) is 11.6 Å². The van der Waals surface area contributed by atoms with E-state index in [9.17, 15) is 8.78 Å². The molecule has 0 bridgehead atoms. The maximum atomic E-state index is 13.4. The Balaban J connectivity index is 1.45. The van der Waals surface area contributed by atoms with Crippen LogP contribution in [0.5, 0.6) is 0 Å². The maximum absolute atomic E-state index is 13.4. The molecule has 2 nitrogen and oxygen atoms in total. The van der Waals surface area contributed by atoms with Crippen molar-refractivity contribution in [3.8, 4) is 0 Å². The Morgan fingerprint density at radius 3 is 2.36 bits per heavy atom. The normalized spacial score (nSPS) is 23.9. The molecule has 0 unspecified atom stereocenters. The smallest absolute Gasteiger partial charge is 0.126 e. The summed E-state index contributed by atoms with van der Waals surface area (Å²) < 4.78 is 33.1. The average molecular weight is 385 g/mol. The van der Waals surface area contributed by atoms with E-state index < -0.39 is 11.6 Å². The Morgan fingerprint density at radius 2 is 1.64 bits per heavy atom. The van der Waals surface area contributed by atoms with Crippen LogP contribution in [0, 0.1) is 11.6 Å². The molecule has 2 fully saturated rings. The van der Waals surface area contributed by atoms with Gasteiger partial charge in [-0.1, -0.05) is 43.2 Å². The number of ether oxygens (including phenoxy) is 1. The largest absolute Gasteiger partial charge is 0.375 e. The van der Waals surface area contributed by atoms with Gasteiger partial charge >= 0.3 is 0 Å². The van der Waals surface area contributed by atoms with E-state index in [-0.39, 0.29) is 11.0 Å². The molecule has 1 aliphatic heterocycles. The molecule has 1 aliphatic carbocycles. The summed E-state index contributed by atoms with van der Waals surface area (Å²) >= 11 is 0. The second kappa shape index (κ2) is 8.30. The standard InChI is InChI=1S/C24H29F2NO/c25-21-14-19(15-22(26)16-21)17-27-12-10-23(20-6-2-1-3-7-20)11-13-28-24(18-23)8-4-5-9-24/h1-3,6-7,14-16,27H,4-5,8-13,17-18H2/t23-/m0/s1. The van der Waals surface area contributed by atoms with Gasteiger partial charge in [-0.3, -0.25) is 0 Å². The highest BCUT2D eigenvalue weighted by Gasteiger charge is 2.47. The molecule has 2 aromatic carbocycles. The molecule has 1 heterocycles. The van der Waals surface area contributed by atoms with E-state index >= 15 is 0 Å². The molecule has 28 heavy (non-hydrogen) atoms. The summed E-state index contributed by atoms with van der Waals surface area (Å²) in [5, 5.41) is 3.40. The van der Waals surface area contributed by atoms with Crippen LogP contribution in [0.25, 0.3) is 0 Å². The number of halogens is 2. The highest BCUT2D eigenvalue weighted by molar-refractivity contribution is 5.27. The molecular weight excluding hydrogens is 356 g/mol. The molecule has 1 N–H and O–H groups in total. The summed E-state index contributed by atoms with van der Waals surface area (Å²) in [5.41, 5.74) is 2.18. The van der Waals surface area contributed by atoms with Crippen molar-refractivity contribution in [3.05, 3.63) is 71.3 Å². The van der Waals surface area contributed by atoms with Crippen molar-refractivity contribution < 1.29 is 13.5 Å². The number of benzene rings is 2. The highest BCUT2D eigenvalue weighted by Crippen LogP contribution is 2.50. The number of rotatable bonds is 6. The fourth-order valence-electron chi connectivity index (χ4n) is 5.23. The van der Waals surface area contributed by atoms with Crippen LogP contribution >= 0.6 is 0 Å². The third kappa shape index (κ3) is 4.28. The molecule has 0 amide bonds. The molecule has 0 aromatic heterocycles. The van der Waals surface area contributed by atoms with E-state index in [0.29, 0.717) is 12.1 Å². The van der Waals surface area contributed by atoms with E-state index in [1.807, 2.05) is 0 Å². The summed E-state index contributed by atoms with van der Waals surface area (Å²) in [6.07, 6.45) is 7.94. The van der Waals surface area contributed by atoms with Crippen molar-refractivity contribution >= 4 is 0 Å². The molecule has 2 aromatic rings. The molecule has 1 atom stereocenters. The minimum absolute atomic E-state index is 0.0414. The first kappa shape index (κ1) is 19.5. The van der Waals surface area contributed by atoms with Gasteiger partial charge in [-0.2, -0.15) is 0 Å². The van der Waals surface area contributed by atoms with E-state index in [2.05, 4.69) is 35.6 Å². The van der Waals surface area contributed by atoms with E-state index in [4.69, 9.17) is 4.74 Å². The number of hydrogen-bond acceptors (Lipinski definition) is 2. The van der Waals surface area contributed by atoms with Crippen molar-refractivity contribution in [2.45, 2.75) is 62.5 Å². The first-order valence-electron chi connectivity index (χ1n) is 10.4. The van der Waals surface area contributed by atoms with E-state index in [1.54, 1.807) is 0 Å². The van der Waals surface area contributed by atoms with Gasteiger partial charge in [0.25, 0.3) is 0 Å². The molecular formula is C24H29F2NO. The second-order valence-corrected chi connectivity index (χ2v) is 8.52. The Labute approximate surface area is 166 Å². The van der Waals surface area contributed by atoms with Crippen LogP contribution in [0.15, 0.2) is 48.5 Å². The first-order chi connectivity index (χ1) is 13.6. The lowest BCUT2D eigenvalue weighted by Crippen LogP contribution is -2.47. The van der Waals surface area contributed by atoms with Crippen molar-refractivity contribution in [2.24, 2.45) is 0 Å². The molecule has 4 heteroatoms. The lowest BCUT2D eigenvalue weighted by atomic mass is 9.66. The summed E-state index contributed by atoms with van der Waals surface area (Å²) in [7, 11) is 0. The second-order valence-electron chi connectivity index (χ2n) is 8.52. The van der Waals surface area contributed by atoms with Gasteiger partial charge in [0.2, 0.25) is 0 Å². The van der Waals surface area contributed by atoms with Gasteiger partial charge in [0, 0.05) is 24.6 Å². The number of hydrogen-bond donors (Lipinski definition) is 1. The molecule has 2 aliphatic rings. The van der Waals surface area contributed by atoms with Gasteiger partial charge in [-0.25, -0.2) is 8.78 Å². The highest BCUT2D eigenvalue weighted by atomic mass is 19.1. The molecule has 4 rings (SSSR count). The lowest BCUT2D eigenvalue weighted by Gasteiger charge is -2.47. The van der Waals surface area contributed by atoms with Crippen LogP contribution in [-0.4, -0.2) is 18.8 Å². The molecule has 150 valence electrons. The van der Waals surface area contributed by atoms with Crippen LogP contribution in [0.1, 0.15) is 56.1 Å². The monoisotopic (exact) mass is 385 g/mol. The zero-order valence-electron chi connectivity index (χ0n) is 16.4. The van der Waals surface area contributed by atoms with Gasteiger partial charge in [-0.05, 0) is 61.9 Å². The van der Waals surface area contributed by atoms with E-state index in [0.717, 1.165) is 51.3 Å². The Morgan fingerprint density at radius 1 is 0.929 bits per heavy atom. The SMILES string of the molecule is Fc1cc(F)cc(CNCC[C@]2(c3ccccc3)CCOC3(CCCC3)C2)c1. The fraction of sp³-hybridized carbons (Fsp3) is 0.500.